The predicted molar refractivity (Wildman–Crippen MR) is 82.0 cm³/mol. The van der Waals surface area contributed by atoms with Gasteiger partial charge in [-0.25, -0.2) is 4.98 Å². The van der Waals surface area contributed by atoms with Crippen molar-refractivity contribution in [2.75, 3.05) is 6.54 Å². The summed E-state index contributed by atoms with van der Waals surface area (Å²) >= 11 is 0. The lowest BCUT2D eigenvalue weighted by atomic mass is 10.00. The van der Waals surface area contributed by atoms with Crippen molar-refractivity contribution < 1.29 is 9.53 Å². The number of esters is 1. The average Bonchev–Trinajstić information content (AvgIpc) is 2.97. The minimum atomic E-state index is -0.261. The highest BCUT2D eigenvalue weighted by Crippen LogP contribution is 2.20. The van der Waals surface area contributed by atoms with Gasteiger partial charge in [0, 0.05) is 44.5 Å². The van der Waals surface area contributed by atoms with E-state index >= 15 is 0 Å². The van der Waals surface area contributed by atoms with Gasteiger partial charge in [-0.3, -0.25) is 9.79 Å². The summed E-state index contributed by atoms with van der Waals surface area (Å²) in [6, 6.07) is 0. The van der Waals surface area contributed by atoms with Crippen molar-refractivity contribution in [1.29, 1.82) is 0 Å². The fraction of sp³-hybridized carbons (Fsp3) is 0.438. The number of aromatic nitrogens is 2. The molecule has 0 bridgehead atoms. The molecule has 0 amide bonds. The number of allylic oxidation sites excluding steroid dienone is 4. The van der Waals surface area contributed by atoms with Gasteiger partial charge in [-0.05, 0) is 31.4 Å². The number of imidazole rings is 1. The van der Waals surface area contributed by atoms with E-state index in [2.05, 4.69) is 14.5 Å². The quantitative estimate of drug-likeness (QED) is 0.459. The van der Waals surface area contributed by atoms with Crippen molar-refractivity contribution in [2.24, 2.45) is 4.99 Å². The Morgan fingerprint density at radius 3 is 2.86 bits per heavy atom. The molecule has 0 spiro atoms. The smallest absolute Gasteiger partial charge is 0.307 e. The second kappa shape index (κ2) is 7.57. The first kappa shape index (κ1) is 15.2. The molecule has 0 saturated heterocycles. The Bertz CT molecular complexity index is 568. The summed E-state index contributed by atoms with van der Waals surface area (Å²) in [6.45, 7) is 5.20. The Kier molecular flexibility index (Phi) is 5.49. The summed E-state index contributed by atoms with van der Waals surface area (Å²) in [7, 11) is 0. The molecule has 0 N–H and O–H groups in total. The number of nitrogens with zero attached hydrogens (tertiary/aromatic N) is 3. The van der Waals surface area contributed by atoms with E-state index in [1.807, 2.05) is 31.6 Å². The van der Waals surface area contributed by atoms with Crippen LogP contribution in [-0.4, -0.2) is 27.8 Å². The SMILES string of the molecule is CC(=O)OC1=CC=C(C(C)=NCCCn2ccnc2)CC1. The number of ether oxygens (including phenoxy) is 1. The number of aryl methyl sites for hydroxylation is 1. The largest absolute Gasteiger partial charge is 0.431 e. The van der Waals surface area contributed by atoms with Crippen LogP contribution in [0.1, 0.15) is 33.1 Å². The minimum absolute atomic E-state index is 0.261. The summed E-state index contributed by atoms with van der Waals surface area (Å²) < 4.78 is 7.14. The maximum Gasteiger partial charge on any atom is 0.307 e. The van der Waals surface area contributed by atoms with Gasteiger partial charge in [0.05, 0.1) is 6.33 Å². The predicted octanol–water partition coefficient (Wildman–Crippen LogP) is 2.90. The van der Waals surface area contributed by atoms with Gasteiger partial charge in [0.15, 0.2) is 0 Å². The molecule has 1 aromatic heterocycles. The highest BCUT2D eigenvalue weighted by molar-refractivity contribution is 5.98. The van der Waals surface area contributed by atoms with Gasteiger partial charge >= 0.3 is 5.97 Å². The van der Waals surface area contributed by atoms with Crippen LogP contribution in [0.25, 0.3) is 0 Å². The molecule has 1 aliphatic rings. The number of hydrogen-bond donors (Lipinski definition) is 0. The summed E-state index contributed by atoms with van der Waals surface area (Å²) in [4.78, 5) is 19.5. The van der Waals surface area contributed by atoms with Crippen LogP contribution in [0.4, 0.5) is 0 Å². The Labute approximate surface area is 125 Å². The van der Waals surface area contributed by atoms with E-state index in [0.29, 0.717) is 0 Å². The van der Waals surface area contributed by atoms with Crippen LogP contribution < -0.4 is 0 Å². The van der Waals surface area contributed by atoms with E-state index in [0.717, 1.165) is 43.8 Å². The van der Waals surface area contributed by atoms with Gasteiger partial charge < -0.3 is 9.30 Å². The Morgan fingerprint density at radius 2 is 2.24 bits per heavy atom. The first-order valence-electron chi connectivity index (χ1n) is 7.20. The van der Waals surface area contributed by atoms with E-state index in [4.69, 9.17) is 4.74 Å². The molecule has 0 aliphatic heterocycles. The zero-order valence-corrected chi connectivity index (χ0v) is 12.6. The molecule has 1 aromatic rings. The maximum atomic E-state index is 10.9. The van der Waals surface area contributed by atoms with Crippen LogP contribution in [-0.2, 0) is 16.1 Å². The molecule has 0 aromatic carbocycles. The zero-order chi connectivity index (χ0) is 15.1. The Balaban J connectivity index is 1.81. The summed E-state index contributed by atoms with van der Waals surface area (Å²) in [6.07, 6.45) is 12.1. The van der Waals surface area contributed by atoms with Crippen LogP contribution >= 0.6 is 0 Å². The lowest BCUT2D eigenvalue weighted by Crippen LogP contribution is -2.07. The van der Waals surface area contributed by atoms with Gasteiger partial charge in [0.1, 0.15) is 5.76 Å². The third-order valence-electron chi connectivity index (χ3n) is 3.33. The van der Waals surface area contributed by atoms with Crippen LogP contribution in [0, 0.1) is 0 Å². The molecule has 21 heavy (non-hydrogen) atoms. The van der Waals surface area contributed by atoms with Gasteiger partial charge in [0.2, 0.25) is 0 Å². The molecule has 0 fully saturated rings. The zero-order valence-electron chi connectivity index (χ0n) is 12.6. The molecule has 0 atom stereocenters. The highest BCUT2D eigenvalue weighted by Gasteiger charge is 2.10. The highest BCUT2D eigenvalue weighted by atomic mass is 16.5. The minimum Gasteiger partial charge on any atom is -0.431 e. The molecule has 1 heterocycles. The number of aliphatic imine (C=N–C) groups is 1. The van der Waals surface area contributed by atoms with Gasteiger partial charge in [0.25, 0.3) is 0 Å². The normalized spacial score (nSPS) is 15.4. The van der Waals surface area contributed by atoms with E-state index in [9.17, 15) is 4.79 Å². The lowest BCUT2D eigenvalue weighted by Gasteiger charge is -2.14. The first-order valence-corrected chi connectivity index (χ1v) is 7.20. The molecule has 0 unspecified atom stereocenters. The van der Waals surface area contributed by atoms with Gasteiger partial charge in [-0.2, -0.15) is 0 Å². The Morgan fingerprint density at radius 1 is 1.38 bits per heavy atom. The van der Waals surface area contributed by atoms with Crippen LogP contribution in [0.5, 0.6) is 0 Å². The first-order chi connectivity index (χ1) is 10.1. The second-order valence-electron chi connectivity index (χ2n) is 5.04. The van der Waals surface area contributed by atoms with Crippen molar-refractivity contribution in [3.05, 3.63) is 42.2 Å². The summed E-state index contributed by atoms with van der Waals surface area (Å²) in [5, 5.41) is 0. The standard InChI is InChI=1S/C16H21N3O2/c1-13(18-8-3-10-19-11-9-17-12-19)15-4-6-16(7-5-15)21-14(2)20/h4,6,9,11-12H,3,5,7-8,10H2,1-2H3. The van der Waals surface area contributed by atoms with Gasteiger partial charge in [-0.15, -0.1) is 0 Å². The van der Waals surface area contributed by atoms with E-state index in [-0.39, 0.29) is 5.97 Å². The third kappa shape index (κ3) is 5.02. The lowest BCUT2D eigenvalue weighted by molar-refractivity contribution is -0.137. The molecular formula is C16H21N3O2. The molecular weight excluding hydrogens is 266 g/mol. The topological polar surface area (TPSA) is 56.5 Å². The molecule has 112 valence electrons. The molecule has 0 saturated carbocycles. The van der Waals surface area contributed by atoms with E-state index < -0.39 is 0 Å². The maximum absolute atomic E-state index is 10.9. The van der Waals surface area contributed by atoms with Crippen LogP contribution in [0.2, 0.25) is 0 Å². The Hall–Kier alpha value is -2.17. The molecule has 0 radical (unpaired) electrons. The van der Waals surface area contributed by atoms with Crippen LogP contribution in [0.15, 0.2) is 47.2 Å². The van der Waals surface area contributed by atoms with Crippen molar-refractivity contribution in [3.63, 3.8) is 0 Å². The van der Waals surface area contributed by atoms with Crippen molar-refractivity contribution in [2.45, 2.75) is 39.7 Å². The molecule has 5 nitrogen and oxygen atoms in total. The summed E-state index contributed by atoms with van der Waals surface area (Å²) in [5.41, 5.74) is 2.28. The molecule has 5 heteroatoms. The molecule has 1 aliphatic carbocycles. The van der Waals surface area contributed by atoms with E-state index in [1.54, 1.807) is 6.20 Å². The fourth-order valence-electron chi connectivity index (χ4n) is 2.21. The van der Waals surface area contributed by atoms with Crippen LogP contribution in [0.3, 0.4) is 0 Å². The van der Waals surface area contributed by atoms with Crippen molar-refractivity contribution >= 4 is 11.7 Å². The van der Waals surface area contributed by atoms with Gasteiger partial charge in [-0.1, -0.05) is 6.08 Å². The van der Waals surface area contributed by atoms with Crippen molar-refractivity contribution in [3.8, 4) is 0 Å². The fourth-order valence-corrected chi connectivity index (χ4v) is 2.21. The average molecular weight is 287 g/mol. The monoisotopic (exact) mass is 287 g/mol. The third-order valence-corrected chi connectivity index (χ3v) is 3.33. The second-order valence-corrected chi connectivity index (χ2v) is 5.04. The number of carbonyl (C=O) groups excluding carboxylic acids is 1. The number of hydrogen-bond acceptors (Lipinski definition) is 4. The van der Waals surface area contributed by atoms with E-state index in [1.165, 1.54) is 12.5 Å². The molecule has 2 rings (SSSR count). The summed E-state index contributed by atoms with van der Waals surface area (Å²) in [5.74, 6) is 0.474. The number of rotatable bonds is 6. The number of carbonyl (C=O) groups is 1. The van der Waals surface area contributed by atoms with Crippen molar-refractivity contribution in [1.82, 2.24) is 9.55 Å².